The summed E-state index contributed by atoms with van der Waals surface area (Å²) in [6.07, 6.45) is 6.56. The second kappa shape index (κ2) is 8.27. The number of aryl methyl sites for hydroxylation is 2. The number of piperidine rings is 1. The largest absolute Gasteiger partial charge is 0.508 e. The molecule has 0 unspecified atom stereocenters. The summed E-state index contributed by atoms with van der Waals surface area (Å²) in [4.78, 5) is 17.9. The van der Waals surface area contributed by atoms with Gasteiger partial charge in [0.15, 0.2) is 0 Å². The Bertz CT molecular complexity index is 1350. The molecule has 37 heavy (non-hydrogen) atoms. The minimum atomic E-state index is -0.153. The zero-order valence-corrected chi connectivity index (χ0v) is 22.1. The van der Waals surface area contributed by atoms with Crippen LogP contribution in [-0.4, -0.2) is 59.1 Å². The molecule has 2 saturated carbocycles. The van der Waals surface area contributed by atoms with Crippen LogP contribution in [0, 0.1) is 37.5 Å². The van der Waals surface area contributed by atoms with Gasteiger partial charge in [-0.25, -0.2) is 0 Å². The molecule has 7 rings (SSSR count). The SMILES string of the molecule is Cc1ccc(C#CC(=O)N(C)[C@@H]2CC[C@H]3[C@H]4Cc5c(O)ccc6c5[C@@]3(CCN4CC3CC3)[C@H]2O6)cc1C. The van der Waals surface area contributed by atoms with Crippen LogP contribution in [0.1, 0.15) is 59.9 Å². The average Bonchev–Trinajstić information content (AvgIpc) is 3.65. The molecule has 192 valence electrons. The van der Waals surface area contributed by atoms with E-state index in [4.69, 9.17) is 4.74 Å². The van der Waals surface area contributed by atoms with Crippen molar-refractivity contribution in [1.82, 2.24) is 9.80 Å². The molecule has 3 aliphatic carbocycles. The topological polar surface area (TPSA) is 53.0 Å². The highest BCUT2D eigenvalue weighted by atomic mass is 16.5. The molecule has 1 saturated heterocycles. The summed E-state index contributed by atoms with van der Waals surface area (Å²) in [6.45, 7) is 6.41. The Morgan fingerprint density at radius 3 is 2.78 bits per heavy atom. The fourth-order valence-corrected chi connectivity index (χ4v) is 8.05. The number of ether oxygens (including phenoxy) is 1. The number of amides is 1. The lowest BCUT2D eigenvalue weighted by molar-refractivity contribution is -0.134. The minimum Gasteiger partial charge on any atom is -0.508 e. The van der Waals surface area contributed by atoms with Crippen molar-refractivity contribution in [2.24, 2.45) is 11.8 Å². The number of rotatable bonds is 3. The van der Waals surface area contributed by atoms with E-state index < -0.39 is 0 Å². The lowest BCUT2D eigenvalue weighted by Crippen LogP contribution is -2.69. The second-order valence-corrected chi connectivity index (χ2v) is 12.2. The van der Waals surface area contributed by atoms with E-state index in [0.717, 1.165) is 55.0 Å². The summed E-state index contributed by atoms with van der Waals surface area (Å²) in [5.41, 5.74) is 5.48. The molecule has 0 aromatic heterocycles. The first-order chi connectivity index (χ1) is 17.9. The molecule has 5 aliphatic rings. The quantitative estimate of drug-likeness (QED) is 0.643. The van der Waals surface area contributed by atoms with Crippen molar-refractivity contribution in [2.45, 2.75) is 76.0 Å². The van der Waals surface area contributed by atoms with Gasteiger partial charge in [0, 0.05) is 47.7 Å². The first-order valence-electron chi connectivity index (χ1n) is 14.0. The van der Waals surface area contributed by atoms with E-state index in [1.54, 1.807) is 0 Å². The Balaban J connectivity index is 1.22. The fourth-order valence-electron chi connectivity index (χ4n) is 8.05. The van der Waals surface area contributed by atoms with E-state index in [0.29, 0.717) is 17.7 Å². The lowest BCUT2D eigenvalue weighted by atomic mass is 9.51. The molecule has 5 nitrogen and oxygen atoms in total. The summed E-state index contributed by atoms with van der Waals surface area (Å²) in [6, 6.07) is 10.2. The molecular weight excluding hydrogens is 460 g/mol. The summed E-state index contributed by atoms with van der Waals surface area (Å²) in [5, 5.41) is 10.9. The summed E-state index contributed by atoms with van der Waals surface area (Å²) >= 11 is 0. The van der Waals surface area contributed by atoms with Crippen LogP contribution in [0.3, 0.4) is 0 Å². The predicted octanol–water partition coefficient (Wildman–Crippen LogP) is 4.34. The summed E-state index contributed by atoms with van der Waals surface area (Å²) < 4.78 is 6.77. The maximum absolute atomic E-state index is 13.3. The number of likely N-dealkylation sites (N-methyl/N-ethyl adjacent to an activating group) is 1. The van der Waals surface area contributed by atoms with Crippen molar-refractivity contribution >= 4 is 5.91 Å². The molecule has 1 amide bonds. The van der Waals surface area contributed by atoms with Crippen LogP contribution in [0.15, 0.2) is 30.3 Å². The minimum absolute atomic E-state index is 0.0334. The van der Waals surface area contributed by atoms with E-state index in [1.807, 2.05) is 36.2 Å². The first-order valence-corrected chi connectivity index (χ1v) is 14.0. The highest BCUT2D eigenvalue weighted by Gasteiger charge is 2.66. The molecule has 1 spiro atoms. The standard InChI is InChI=1S/C32H36N2O3/c1-19-4-5-21(16-20(19)2)8-13-29(36)33(3)25-10-9-24-26-17-23-27(35)11-12-28-30(23)32(24,31(25)37-28)14-15-34(26)18-22-6-7-22/h4-5,11-12,16,22,24-26,31,35H,6-7,9-10,14-15,17-18H2,1-3H3/t24-,25+,26+,31-,32-/m0/s1. The molecule has 2 bridgehead atoms. The fraction of sp³-hybridized carbons (Fsp3) is 0.531. The molecule has 2 aromatic carbocycles. The monoisotopic (exact) mass is 496 g/mol. The molecule has 0 radical (unpaired) electrons. The zero-order valence-electron chi connectivity index (χ0n) is 22.1. The van der Waals surface area contributed by atoms with Crippen molar-refractivity contribution < 1.29 is 14.6 Å². The number of hydrogen-bond donors (Lipinski definition) is 1. The summed E-state index contributed by atoms with van der Waals surface area (Å²) in [5.74, 6) is 8.53. The molecule has 2 aromatic rings. The molecule has 5 atom stereocenters. The van der Waals surface area contributed by atoms with Crippen molar-refractivity contribution in [1.29, 1.82) is 0 Å². The van der Waals surface area contributed by atoms with Gasteiger partial charge in [-0.15, -0.1) is 0 Å². The average molecular weight is 497 g/mol. The Morgan fingerprint density at radius 2 is 2.00 bits per heavy atom. The molecule has 5 heteroatoms. The molecule has 2 aliphatic heterocycles. The number of carbonyl (C=O) groups excluding carboxylic acids is 1. The van der Waals surface area contributed by atoms with Crippen molar-refractivity contribution in [3.05, 3.63) is 58.1 Å². The van der Waals surface area contributed by atoms with Gasteiger partial charge in [0.1, 0.15) is 17.6 Å². The van der Waals surface area contributed by atoms with Crippen LogP contribution < -0.4 is 4.74 Å². The van der Waals surface area contributed by atoms with Crippen LogP contribution in [0.5, 0.6) is 11.5 Å². The third kappa shape index (κ3) is 3.45. The van der Waals surface area contributed by atoms with Gasteiger partial charge in [0.05, 0.1) is 6.04 Å². The number of phenolic OH excluding ortho intramolecular Hbond substituents is 1. The number of aromatic hydroxyl groups is 1. The van der Waals surface area contributed by atoms with Gasteiger partial charge in [0.25, 0.3) is 5.91 Å². The van der Waals surface area contributed by atoms with Gasteiger partial charge < -0.3 is 14.7 Å². The third-order valence-corrected chi connectivity index (χ3v) is 10.2. The molecule has 1 N–H and O–H groups in total. The number of benzene rings is 2. The lowest BCUT2D eigenvalue weighted by Gasteiger charge is -2.60. The smallest absolute Gasteiger partial charge is 0.298 e. The van der Waals surface area contributed by atoms with Crippen LogP contribution in [0.4, 0.5) is 0 Å². The van der Waals surface area contributed by atoms with E-state index in [-0.39, 0.29) is 23.5 Å². The normalized spacial score (nSPS) is 31.1. The van der Waals surface area contributed by atoms with Crippen LogP contribution in [0.2, 0.25) is 0 Å². The van der Waals surface area contributed by atoms with Crippen LogP contribution in [-0.2, 0) is 16.6 Å². The van der Waals surface area contributed by atoms with E-state index in [9.17, 15) is 9.90 Å². The van der Waals surface area contributed by atoms with Crippen molar-refractivity contribution in [3.63, 3.8) is 0 Å². The Kier molecular flexibility index (Phi) is 5.18. The van der Waals surface area contributed by atoms with Gasteiger partial charge in [-0.05, 0) is 106 Å². The maximum Gasteiger partial charge on any atom is 0.298 e. The van der Waals surface area contributed by atoms with Gasteiger partial charge in [0.2, 0.25) is 0 Å². The highest BCUT2D eigenvalue weighted by Crippen LogP contribution is 2.63. The van der Waals surface area contributed by atoms with Gasteiger partial charge in [-0.3, -0.25) is 9.69 Å². The number of likely N-dealkylation sites (tertiary alicyclic amines) is 1. The van der Waals surface area contributed by atoms with Gasteiger partial charge >= 0.3 is 0 Å². The second-order valence-electron chi connectivity index (χ2n) is 12.2. The number of phenols is 1. The maximum atomic E-state index is 13.3. The zero-order chi connectivity index (χ0) is 25.5. The van der Waals surface area contributed by atoms with E-state index in [1.165, 1.54) is 36.1 Å². The van der Waals surface area contributed by atoms with Crippen molar-refractivity contribution in [3.8, 4) is 23.3 Å². The number of hydrogen-bond acceptors (Lipinski definition) is 4. The Morgan fingerprint density at radius 1 is 1.16 bits per heavy atom. The first kappa shape index (κ1) is 23.2. The van der Waals surface area contributed by atoms with Gasteiger partial charge in [-0.1, -0.05) is 12.0 Å². The van der Waals surface area contributed by atoms with E-state index in [2.05, 4.69) is 36.7 Å². The summed E-state index contributed by atoms with van der Waals surface area (Å²) in [7, 11) is 1.90. The predicted molar refractivity (Wildman–Crippen MR) is 143 cm³/mol. The van der Waals surface area contributed by atoms with E-state index >= 15 is 0 Å². The van der Waals surface area contributed by atoms with Gasteiger partial charge in [-0.2, -0.15) is 0 Å². The van der Waals surface area contributed by atoms with Crippen molar-refractivity contribution in [2.75, 3.05) is 20.1 Å². The molecule has 3 fully saturated rings. The Hall–Kier alpha value is -2.97. The highest BCUT2D eigenvalue weighted by molar-refractivity contribution is 5.94. The van der Waals surface area contributed by atoms with Crippen LogP contribution >= 0.6 is 0 Å². The number of carbonyl (C=O) groups is 1. The third-order valence-electron chi connectivity index (χ3n) is 10.2. The molecule has 2 heterocycles. The van der Waals surface area contributed by atoms with Crippen LogP contribution in [0.25, 0.3) is 0 Å². The molecular formula is C32H36N2O3. The Labute approximate surface area is 219 Å². The number of nitrogens with zero attached hydrogens (tertiary/aromatic N) is 2.